The van der Waals surface area contributed by atoms with E-state index in [0.29, 0.717) is 35.9 Å². The van der Waals surface area contributed by atoms with Crippen LogP contribution in [0.1, 0.15) is 55.3 Å². The summed E-state index contributed by atoms with van der Waals surface area (Å²) in [4.78, 5) is 25.8. The fraction of sp³-hybridized carbons (Fsp3) is 0.600. The van der Waals surface area contributed by atoms with Crippen molar-refractivity contribution in [2.45, 2.75) is 44.9 Å². The van der Waals surface area contributed by atoms with E-state index in [2.05, 4.69) is 7.05 Å². The molecule has 4 nitrogen and oxygen atoms in total. The molecule has 0 heterocycles. The Morgan fingerprint density at radius 1 is 1.08 bits per heavy atom. The van der Waals surface area contributed by atoms with E-state index in [1.54, 1.807) is 7.11 Å². The number of carbonyl (C=O) groups is 2. The third-order valence-corrected chi connectivity index (χ3v) is 5.04. The van der Waals surface area contributed by atoms with Crippen LogP contribution in [-0.4, -0.2) is 38.8 Å². The van der Waals surface area contributed by atoms with Crippen molar-refractivity contribution in [3.05, 3.63) is 29.8 Å². The van der Waals surface area contributed by atoms with Crippen LogP contribution in [0.15, 0.2) is 24.3 Å². The molecule has 1 aliphatic rings. The van der Waals surface area contributed by atoms with Crippen LogP contribution in [0, 0.1) is 5.92 Å². The number of hydrogen-bond acceptors (Lipinski definition) is 3. The minimum absolute atomic E-state index is 0. The van der Waals surface area contributed by atoms with Crippen molar-refractivity contribution in [2.75, 3.05) is 27.2 Å². The van der Waals surface area contributed by atoms with Gasteiger partial charge in [-0.1, -0.05) is 31.4 Å². The van der Waals surface area contributed by atoms with Gasteiger partial charge in [-0.15, -0.1) is 0 Å². The Labute approximate surface area is 157 Å². The molecule has 140 valence electrons. The Balaban J connectivity index is 0.00000312. The van der Waals surface area contributed by atoms with Crippen LogP contribution in [0.3, 0.4) is 0 Å². The molecular formula is C20H30ClNO3. The summed E-state index contributed by atoms with van der Waals surface area (Å²) in [5.74, 6) is 1.45. The smallest absolute Gasteiger partial charge is 0.172 e. The van der Waals surface area contributed by atoms with Gasteiger partial charge in [0.1, 0.15) is 11.5 Å². The number of carbonyl (C=O) groups excluding carboxylic acids is 2. The molecule has 5 heteroatoms. The largest absolute Gasteiger partial charge is 1.00 e. The zero-order chi connectivity index (χ0) is 17.4. The van der Waals surface area contributed by atoms with E-state index in [-0.39, 0.29) is 18.2 Å². The van der Waals surface area contributed by atoms with E-state index in [1.165, 1.54) is 24.2 Å². The fourth-order valence-electron chi connectivity index (χ4n) is 3.43. The highest BCUT2D eigenvalue weighted by Gasteiger charge is 2.22. The molecule has 0 saturated heterocycles. The number of ketones is 2. The van der Waals surface area contributed by atoms with E-state index in [1.807, 2.05) is 24.3 Å². The molecule has 0 bridgehead atoms. The fourth-order valence-corrected chi connectivity index (χ4v) is 3.43. The van der Waals surface area contributed by atoms with Gasteiger partial charge in [-0.05, 0) is 25.0 Å². The van der Waals surface area contributed by atoms with Crippen molar-refractivity contribution < 1.29 is 31.6 Å². The van der Waals surface area contributed by atoms with Gasteiger partial charge in [-0.25, -0.2) is 0 Å². The van der Waals surface area contributed by atoms with Crippen molar-refractivity contribution in [3.8, 4) is 5.75 Å². The van der Waals surface area contributed by atoms with E-state index in [4.69, 9.17) is 4.74 Å². The first-order valence-corrected chi connectivity index (χ1v) is 9.12. The Bertz CT molecular complexity index is 556. The number of hydrogen-bond donors (Lipinski definition) is 1. The number of rotatable bonds is 9. The zero-order valence-electron chi connectivity index (χ0n) is 15.4. The summed E-state index contributed by atoms with van der Waals surface area (Å²) < 4.78 is 5.25. The van der Waals surface area contributed by atoms with Gasteiger partial charge in [0.2, 0.25) is 0 Å². The standard InChI is InChI=1S/C20H29NO3.ClH/c1-21(14-12-18(22)16-8-4-3-5-9-16)15-13-19(23)17-10-6-7-11-20(17)24-2;/h6-7,10-11,16H,3-5,8-9,12-15H2,1-2H3;1H. The number of para-hydroxylation sites is 1. The first kappa shape index (κ1) is 21.7. The van der Waals surface area contributed by atoms with Gasteiger partial charge in [-0.3, -0.25) is 9.59 Å². The molecule has 0 amide bonds. The number of halogens is 1. The topological polar surface area (TPSA) is 47.8 Å². The quantitative estimate of drug-likeness (QED) is 0.589. The zero-order valence-corrected chi connectivity index (χ0v) is 16.1. The molecule has 1 N–H and O–H groups in total. The van der Waals surface area contributed by atoms with Crippen LogP contribution in [0.5, 0.6) is 5.75 Å². The van der Waals surface area contributed by atoms with Crippen molar-refractivity contribution in [2.24, 2.45) is 5.92 Å². The number of ether oxygens (including phenoxy) is 1. The highest BCUT2D eigenvalue weighted by molar-refractivity contribution is 5.98. The van der Waals surface area contributed by atoms with Gasteiger partial charge >= 0.3 is 0 Å². The minimum Gasteiger partial charge on any atom is -1.00 e. The lowest BCUT2D eigenvalue weighted by molar-refractivity contribution is -0.878. The van der Waals surface area contributed by atoms with Gasteiger partial charge in [0, 0.05) is 5.92 Å². The highest BCUT2D eigenvalue weighted by Crippen LogP contribution is 2.24. The molecule has 0 aliphatic heterocycles. The van der Waals surface area contributed by atoms with Crippen LogP contribution < -0.4 is 22.0 Å². The summed E-state index contributed by atoms with van der Waals surface area (Å²) in [6.07, 6.45) is 6.94. The van der Waals surface area contributed by atoms with Crippen molar-refractivity contribution in [3.63, 3.8) is 0 Å². The maximum atomic E-state index is 12.4. The third-order valence-electron chi connectivity index (χ3n) is 5.04. The summed E-state index contributed by atoms with van der Waals surface area (Å²) >= 11 is 0. The van der Waals surface area contributed by atoms with E-state index >= 15 is 0 Å². The third kappa shape index (κ3) is 6.79. The normalized spacial score (nSPS) is 15.9. The minimum atomic E-state index is 0. The molecule has 1 saturated carbocycles. The Morgan fingerprint density at radius 3 is 2.40 bits per heavy atom. The molecule has 25 heavy (non-hydrogen) atoms. The molecule has 0 aromatic heterocycles. The molecule has 1 aliphatic carbocycles. The van der Waals surface area contributed by atoms with Crippen LogP contribution >= 0.6 is 0 Å². The molecule has 1 unspecified atom stereocenters. The SMILES string of the molecule is COc1ccccc1C(=O)CC[NH+](C)CCC(=O)C1CCCCC1.[Cl-]. The van der Waals surface area contributed by atoms with Crippen LogP contribution in [0.2, 0.25) is 0 Å². The first-order valence-electron chi connectivity index (χ1n) is 9.12. The molecule has 1 aromatic rings. The molecule has 1 fully saturated rings. The maximum absolute atomic E-state index is 12.4. The van der Waals surface area contributed by atoms with E-state index in [0.717, 1.165) is 25.9 Å². The Hall–Kier alpha value is -1.39. The molecule has 0 spiro atoms. The second-order valence-electron chi connectivity index (χ2n) is 6.88. The predicted molar refractivity (Wildman–Crippen MR) is 94.8 cm³/mol. The first-order chi connectivity index (χ1) is 11.6. The van der Waals surface area contributed by atoms with Gasteiger partial charge in [0.05, 0.1) is 45.7 Å². The lowest BCUT2D eigenvalue weighted by Crippen LogP contribution is -3.09. The summed E-state index contributed by atoms with van der Waals surface area (Å²) in [7, 11) is 3.64. The number of nitrogens with one attached hydrogen (secondary N) is 1. The summed E-state index contributed by atoms with van der Waals surface area (Å²) in [5, 5.41) is 0. The second kappa shape index (κ2) is 11.3. The number of quaternary nitrogens is 1. The molecule has 0 radical (unpaired) electrons. The average Bonchev–Trinajstić information content (AvgIpc) is 2.64. The molecule has 1 aromatic carbocycles. The Kier molecular flexibility index (Phi) is 9.76. The van der Waals surface area contributed by atoms with Crippen molar-refractivity contribution in [1.29, 1.82) is 0 Å². The monoisotopic (exact) mass is 367 g/mol. The summed E-state index contributed by atoms with van der Waals surface area (Å²) in [6.45, 7) is 1.56. The molecular weight excluding hydrogens is 338 g/mol. The second-order valence-corrected chi connectivity index (χ2v) is 6.88. The van der Waals surface area contributed by atoms with Crippen LogP contribution in [0.4, 0.5) is 0 Å². The summed E-state index contributed by atoms with van der Waals surface area (Å²) in [5.41, 5.74) is 0.645. The lowest BCUT2D eigenvalue weighted by atomic mass is 9.85. The average molecular weight is 368 g/mol. The highest BCUT2D eigenvalue weighted by atomic mass is 35.5. The van der Waals surface area contributed by atoms with Gasteiger partial charge in [-0.2, -0.15) is 0 Å². The van der Waals surface area contributed by atoms with E-state index in [9.17, 15) is 9.59 Å². The lowest BCUT2D eigenvalue weighted by Gasteiger charge is -2.21. The van der Waals surface area contributed by atoms with Crippen LogP contribution in [-0.2, 0) is 4.79 Å². The Morgan fingerprint density at radius 2 is 1.72 bits per heavy atom. The number of benzene rings is 1. The van der Waals surface area contributed by atoms with Crippen LogP contribution in [0.25, 0.3) is 0 Å². The molecule has 1 atom stereocenters. The van der Waals surface area contributed by atoms with Gasteiger partial charge < -0.3 is 22.0 Å². The van der Waals surface area contributed by atoms with E-state index < -0.39 is 0 Å². The molecule has 2 rings (SSSR count). The number of methoxy groups -OCH3 is 1. The van der Waals surface area contributed by atoms with Crippen molar-refractivity contribution >= 4 is 11.6 Å². The van der Waals surface area contributed by atoms with Gasteiger partial charge in [0.25, 0.3) is 0 Å². The van der Waals surface area contributed by atoms with Crippen molar-refractivity contribution in [1.82, 2.24) is 0 Å². The number of Topliss-reactive ketones (excluding diaryl/α,β-unsaturated/α-hetero) is 2. The predicted octanol–water partition coefficient (Wildman–Crippen LogP) is -0.674. The summed E-state index contributed by atoms with van der Waals surface area (Å²) in [6, 6.07) is 7.34. The van der Waals surface area contributed by atoms with Gasteiger partial charge in [0.15, 0.2) is 5.78 Å². The maximum Gasteiger partial charge on any atom is 0.172 e.